The van der Waals surface area contributed by atoms with Gasteiger partial charge in [-0.2, -0.15) is 0 Å². The zero-order valence-corrected chi connectivity index (χ0v) is 23.4. The molecule has 3 aromatic rings. The van der Waals surface area contributed by atoms with Crippen LogP contribution in [0.15, 0.2) is 48.5 Å². The van der Waals surface area contributed by atoms with Gasteiger partial charge in [0.15, 0.2) is 0 Å². The lowest BCUT2D eigenvalue weighted by Gasteiger charge is -2.26. The minimum absolute atomic E-state index is 0.660. The van der Waals surface area contributed by atoms with E-state index in [-0.39, 0.29) is 0 Å². The van der Waals surface area contributed by atoms with Crippen LogP contribution in [-0.2, 0) is 4.74 Å². The summed E-state index contributed by atoms with van der Waals surface area (Å²) >= 11 is 0. The molecule has 0 N–H and O–H groups in total. The van der Waals surface area contributed by atoms with Crippen LogP contribution in [0.3, 0.4) is 0 Å². The van der Waals surface area contributed by atoms with Gasteiger partial charge >= 0.3 is 0 Å². The highest BCUT2D eigenvalue weighted by Crippen LogP contribution is 2.33. The fraction of sp³-hybridized carbons (Fsp3) is 0.531. The van der Waals surface area contributed by atoms with E-state index in [0.29, 0.717) is 13.2 Å². The van der Waals surface area contributed by atoms with Crippen molar-refractivity contribution in [2.75, 3.05) is 72.3 Å². The van der Waals surface area contributed by atoms with Crippen molar-refractivity contribution in [3.63, 3.8) is 0 Å². The molecule has 0 bridgehead atoms. The van der Waals surface area contributed by atoms with Gasteiger partial charge in [-0.25, -0.2) is 4.98 Å². The zero-order chi connectivity index (χ0) is 26.7. The molecule has 0 aliphatic carbocycles. The summed E-state index contributed by atoms with van der Waals surface area (Å²) in [5, 5.41) is 0.992. The Morgan fingerprint density at radius 1 is 0.744 bits per heavy atom. The number of pyridine rings is 1. The Kier molecular flexibility index (Phi) is 10.3. The van der Waals surface area contributed by atoms with Gasteiger partial charge < -0.3 is 18.9 Å². The number of rotatable bonds is 13. The fourth-order valence-corrected chi connectivity index (χ4v) is 5.24. The Morgan fingerprint density at radius 2 is 1.49 bits per heavy atom. The maximum atomic E-state index is 6.44. The quantitative estimate of drug-likeness (QED) is 0.263. The molecule has 0 unspecified atom stereocenters. The second-order valence-corrected chi connectivity index (χ2v) is 10.5. The summed E-state index contributed by atoms with van der Waals surface area (Å²) in [6.07, 6.45) is 5.89. The fourth-order valence-electron chi connectivity index (χ4n) is 5.24. The minimum atomic E-state index is 0.660. The van der Waals surface area contributed by atoms with Crippen LogP contribution in [0.1, 0.15) is 39.0 Å². The molecular formula is C32H43N3O4. The largest absolute Gasteiger partial charge is 0.494 e. The molecule has 0 atom stereocenters. The standard InChI is InChI=1S/C32H43N3O4/c1-2-19-37-27-9-7-26(8-10-27)31-25-32(39-23-18-34-13-4-3-5-14-34)29-24-28(11-12-30(29)33-31)38-20-6-15-35-16-21-36-22-17-35/h7-12,24-25H,2-6,13-23H2,1H3. The lowest BCUT2D eigenvalue weighted by molar-refractivity contribution is 0.0358. The molecule has 2 aliphatic rings. The monoisotopic (exact) mass is 533 g/mol. The number of hydrogen-bond acceptors (Lipinski definition) is 7. The van der Waals surface area contributed by atoms with Crippen LogP contribution in [0.4, 0.5) is 0 Å². The van der Waals surface area contributed by atoms with Gasteiger partial charge in [0, 0.05) is 43.2 Å². The number of benzene rings is 2. The van der Waals surface area contributed by atoms with Crippen molar-refractivity contribution in [2.45, 2.75) is 39.0 Å². The predicted octanol–water partition coefficient (Wildman–Crippen LogP) is 5.66. The number of nitrogens with zero attached hydrogens (tertiary/aromatic N) is 3. The van der Waals surface area contributed by atoms with E-state index in [1.165, 1.54) is 32.4 Å². The van der Waals surface area contributed by atoms with E-state index in [0.717, 1.165) is 98.3 Å². The van der Waals surface area contributed by atoms with Crippen LogP contribution in [0, 0.1) is 0 Å². The van der Waals surface area contributed by atoms with Gasteiger partial charge in [0.1, 0.15) is 23.9 Å². The molecule has 2 aliphatic heterocycles. The summed E-state index contributed by atoms with van der Waals surface area (Å²) < 4.78 is 23.8. The van der Waals surface area contributed by atoms with E-state index in [4.69, 9.17) is 23.9 Å². The second kappa shape index (κ2) is 14.5. The molecule has 0 radical (unpaired) electrons. The van der Waals surface area contributed by atoms with Crippen molar-refractivity contribution in [1.82, 2.24) is 14.8 Å². The molecule has 2 fully saturated rings. The Hall–Kier alpha value is -2.87. The third-order valence-corrected chi connectivity index (χ3v) is 7.47. The molecule has 2 aromatic carbocycles. The molecule has 7 heteroatoms. The summed E-state index contributed by atoms with van der Waals surface area (Å²) in [7, 11) is 0. The van der Waals surface area contributed by atoms with Crippen molar-refractivity contribution >= 4 is 10.9 Å². The lowest BCUT2D eigenvalue weighted by Crippen LogP contribution is -2.37. The molecule has 210 valence electrons. The lowest BCUT2D eigenvalue weighted by atomic mass is 10.1. The smallest absolute Gasteiger partial charge is 0.131 e. The Labute approximate surface area is 233 Å². The summed E-state index contributed by atoms with van der Waals surface area (Å²) in [6, 6.07) is 16.4. The van der Waals surface area contributed by atoms with Gasteiger partial charge in [0.25, 0.3) is 0 Å². The van der Waals surface area contributed by atoms with Crippen molar-refractivity contribution < 1.29 is 18.9 Å². The van der Waals surface area contributed by atoms with Gasteiger partial charge in [-0.3, -0.25) is 9.80 Å². The highest BCUT2D eigenvalue weighted by atomic mass is 16.5. The van der Waals surface area contributed by atoms with Gasteiger partial charge in [-0.15, -0.1) is 0 Å². The molecular weight excluding hydrogens is 490 g/mol. The number of likely N-dealkylation sites (tertiary alicyclic amines) is 1. The average Bonchev–Trinajstić information content (AvgIpc) is 2.99. The van der Waals surface area contributed by atoms with Crippen LogP contribution in [0.2, 0.25) is 0 Å². The number of fused-ring (bicyclic) bond motifs is 1. The van der Waals surface area contributed by atoms with E-state index in [2.05, 4.69) is 41.0 Å². The van der Waals surface area contributed by atoms with Crippen LogP contribution in [-0.4, -0.2) is 87.1 Å². The first kappa shape index (κ1) is 27.7. The summed E-state index contributed by atoms with van der Waals surface area (Å²) in [6.45, 7) is 12.2. The van der Waals surface area contributed by atoms with Crippen molar-refractivity contribution in [3.05, 3.63) is 48.5 Å². The topological polar surface area (TPSA) is 56.3 Å². The molecule has 0 amide bonds. The number of hydrogen-bond donors (Lipinski definition) is 0. The van der Waals surface area contributed by atoms with E-state index in [1.54, 1.807) is 0 Å². The normalized spacial score (nSPS) is 16.8. The van der Waals surface area contributed by atoms with Crippen molar-refractivity contribution in [1.29, 1.82) is 0 Å². The Bertz CT molecular complexity index is 1160. The van der Waals surface area contributed by atoms with Crippen LogP contribution in [0.5, 0.6) is 17.2 Å². The average molecular weight is 534 g/mol. The third-order valence-electron chi connectivity index (χ3n) is 7.47. The number of ether oxygens (including phenoxy) is 4. The molecule has 7 nitrogen and oxygen atoms in total. The highest BCUT2D eigenvalue weighted by molar-refractivity contribution is 5.89. The first-order valence-corrected chi connectivity index (χ1v) is 14.7. The SMILES string of the molecule is CCCOc1ccc(-c2cc(OCCN3CCCCC3)c3cc(OCCCN4CCOCC4)ccc3n2)cc1. The first-order valence-electron chi connectivity index (χ1n) is 14.7. The number of morpholine rings is 1. The van der Waals surface area contributed by atoms with Crippen LogP contribution >= 0.6 is 0 Å². The van der Waals surface area contributed by atoms with Crippen LogP contribution < -0.4 is 14.2 Å². The van der Waals surface area contributed by atoms with Gasteiger partial charge in [0.2, 0.25) is 0 Å². The minimum Gasteiger partial charge on any atom is -0.494 e. The van der Waals surface area contributed by atoms with E-state index >= 15 is 0 Å². The maximum absolute atomic E-state index is 6.44. The number of piperidine rings is 1. The first-order chi connectivity index (χ1) is 19.3. The highest BCUT2D eigenvalue weighted by Gasteiger charge is 2.14. The predicted molar refractivity (Wildman–Crippen MR) is 156 cm³/mol. The molecule has 5 rings (SSSR count). The second-order valence-electron chi connectivity index (χ2n) is 10.5. The van der Waals surface area contributed by atoms with E-state index < -0.39 is 0 Å². The summed E-state index contributed by atoms with van der Waals surface area (Å²) in [5.41, 5.74) is 2.86. The van der Waals surface area contributed by atoms with Crippen molar-refractivity contribution in [3.8, 4) is 28.5 Å². The Balaban J connectivity index is 1.30. The molecule has 0 saturated carbocycles. The zero-order valence-electron chi connectivity index (χ0n) is 23.4. The van der Waals surface area contributed by atoms with Crippen molar-refractivity contribution in [2.24, 2.45) is 0 Å². The summed E-state index contributed by atoms with van der Waals surface area (Å²) in [5.74, 6) is 2.60. The molecule has 0 spiro atoms. The van der Waals surface area contributed by atoms with Gasteiger partial charge in [-0.05, 0) is 81.2 Å². The third kappa shape index (κ3) is 8.07. The van der Waals surface area contributed by atoms with Crippen LogP contribution in [0.25, 0.3) is 22.2 Å². The van der Waals surface area contributed by atoms with Gasteiger partial charge in [0.05, 0.1) is 37.6 Å². The van der Waals surface area contributed by atoms with E-state index in [9.17, 15) is 0 Å². The maximum Gasteiger partial charge on any atom is 0.131 e. The molecule has 3 heterocycles. The molecule has 1 aromatic heterocycles. The molecule has 2 saturated heterocycles. The summed E-state index contributed by atoms with van der Waals surface area (Å²) in [4.78, 5) is 9.94. The number of aromatic nitrogens is 1. The molecule has 39 heavy (non-hydrogen) atoms. The van der Waals surface area contributed by atoms with Gasteiger partial charge in [-0.1, -0.05) is 13.3 Å². The Morgan fingerprint density at radius 3 is 2.28 bits per heavy atom. The van der Waals surface area contributed by atoms with E-state index in [1.807, 2.05) is 24.3 Å².